The van der Waals surface area contributed by atoms with Gasteiger partial charge in [0.05, 0.1) is 7.11 Å². The summed E-state index contributed by atoms with van der Waals surface area (Å²) in [4.78, 5) is 23.5. The predicted molar refractivity (Wildman–Crippen MR) is 104 cm³/mol. The average molecular weight is 361 g/mol. The van der Waals surface area contributed by atoms with Crippen LogP contribution in [0.15, 0.2) is 76.9 Å². The second-order valence-electron chi connectivity index (χ2n) is 5.53. The van der Waals surface area contributed by atoms with Gasteiger partial charge < -0.3 is 4.74 Å². The normalized spacial score (nSPS) is 15.4. The zero-order chi connectivity index (χ0) is 17.9. The number of amidine groups is 1. The number of hydrogen-bond acceptors (Lipinski definition) is 5. The molecule has 2 heterocycles. The lowest BCUT2D eigenvalue weighted by Gasteiger charge is -2.14. The van der Waals surface area contributed by atoms with Gasteiger partial charge in [-0.2, -0.15) is 0 Å². The standard InChI is InChI=1S/C20H15N3O2S/c1-25-17-10-6-5-9-15(17)13-16-19(24)23(20-21-11-12-26-20)18(22-16)14-7-3-2-4-8-14/h2-13H,1H3/b16-13-. The molecule has 3 aromatic rings. The minimum absolute atomic E-state index is 0.204. The van der Waals surface area contributed by atoms with Crippen molar-refractivity contribution in [3.05, 3.63) is 83.0 Å². The van der Waals surface area contributed by atoms with E-state index in [-0.39, 0.29) is 5.91 Å². The summed E-state index contributed by atoms with van der Waals surface area (Å²) < 4.78 is 5.37. The van der Waals surface area contributed by atoms with Crippen LogP contribution in [0.1, 0.15) is 11.1 Å². The molecular weight excluding hydrogens is 346 g/mol. The maximum Gasteiger partial charge on any atom is 0.284 e. The Kier molecular flexibility index (Phi) is 4.33. The smallest absolute Gasteiger partial charge is 0.284 e. The van der Waals surface area contributed by atoms with E-state index in [1.165, 1.54) is 11.3 Å². The van der Waals surface area contributed by atoms with Crippen molar-refractivity contribution in [2.45, 2.75) is 0 Å². The van der Waals surface area contributed by atoms with Gasteiger partial charge in [-0.3, -0.25) is 4.79 Å². The van der Waals surface area contributed by atoms with Crippen LogP contribution in [0.25, 0.3) is 6.08 Å². The molecule has 1 aliphatic heterocycles. The lowest BCUT2D eigenvalue weighted by Crippen LogP contribution is -2.32. The van der Waals surface area contributed by atoms with Crippen molar-refractivity contribution in [1.82, 2.24) is 4.98 Å². The first kappa shape index (κ1) is 16.2. The van der Waals surface area contributed by atoms with Crippen LogP contribution in [0.5, 0.6) is 5.75 Å². The van der Waals surface area contributed by atoms with Gasteiger partial charge in [0.25, 0.3) is 5.91 Å². The summed E-state index contributed by atoms with van der Waals surface area (Å²) in [5.41, 5.74) is 2.01. The minimum atomic E-state index is -0.204. The quantitative estimate of drug-likeness (QED) is 0.660. The molecule has 1 amide bonds. The number of aromatic nitrogens is 1. The number of rotatable bonds is 4. The summed E-state index contributed by atoms with van der Waals surface area (Å²) in [6.45, 7) is 0. The van der Waals surface area contributed by atoms with Crippen molar-refractivity contribution in [3.8, 4) is 5.75 Å². The van der Waals surface area contributed by atoms with E-state index in [1.807, 2.05) is 60.0 Å². The zero-order valence-electron chi connectivity index (χ0n) is 14.0. The second kappa shape index (κ2) is 6.93. The molecule has 0 saturated heterocycles. The molecule has 0 atom stereocenters. The van der Waals surface area contributed by atoms with Crippen molar-refractivity contribution >= 4 is 34.3 Å². The molecule has 0 saturated carbocycles. The van der Waals surface area contributed by atoms with Crippen LogP contribution in [0.3, 0.4) is 0 Å². The fraction of sp³-hybridized carbons (Fsp3) is 0.0500. The number of thiazole rings is 1. The number of hydrogen-bond donors (Lipinski definition) is 0. The van der Waals surface area contributed by atoms with Crippen LogP contribution >= 0.6 is 11.3 Å². The van der Waals surface area contributed by atoms with Crippen molar-refractivity contribution in [3.63, 3.8) is 0 Å². The van der Waals surface area contributed by atoms with Gasteiger partial charge in [0.1, 0.15) is 17.3 Å². The molecule has 128 valence electrons. The van der Waals surface area contributed by atoms with Gasteiger partial charge in [-0.25, -0.2) is 14.9 Å². The lowest BCUT2D eigenvalue weighted by atomic mass is 10.1. The molecule has 0 radical (unpaired) electrons. The van der Waals surface area contributed by atoms with Crippen LogP contribution in [-0.4, -0.2) is 23.8 Å². The number of nitrogens with zero attached hydrogens (tertiary/aromatic N) is 3. The van der Waals surface area contributed by atoms with E-state index in [1.54, 1.807) is 24.3 Å². The fourth-order valence-corrected chi connectivity index (χ4v) is 3.37. The molecule has 26 heavy (non-hydrogen) atoms. The van der Waals surface area contributed by atoms with Gasteiger partial charge in [0.15, 0.2) is 5.13 Å². The third-order valence-electron chi connectivity index (χ3n) is 3.93. The van der Waals surface area contributed by atoms with E-state index in [0.29, 0.717) is 22.4 Å². The molecule has 1 aromatic heterocycles. The molecule has 2 aromatic carbocycles. The Labute approximate surface area is 154 Å². The number of carbonyl (C=O) groups is 1. The van der Waals surface area contributed by atoms with E-state index >= 15 is 0 Å². The molecular formula is C20H15N3O2S. The fourth-order valence-electron chi connectivity index (χ4n) is 2.73. The van der Waals surface area contributed by atoms with E-state index in [4.69, 9.17) is 4.74 Å². The highest BCUT2D eigenvalue weighted by Gasteiger charge is 2.34. The van der Waals surface area contributed by atoms with Gasteiger partial charge in [-0.15, -0.1) is 11.3 Å². The topological polar surface area (TPSA) is 54.8 Å². The molecule has 6 heteroatoms. The first-order valence-electron chi connectivity index (χ1n) is 8.00. The highest BCUT2D eigenvalue weighted by atomic mass is 32.1. The Bertz CT molecular complexity index is 995. The summed E-state index contributed by atoms with van der Waals surface area (Å²) in [7, 11) is 1.61. The number of carbonyl (C=O) groups excluding carboxylic acids is 1. The maximum absolute atomic E-state index is 13.1. The predicted octanol–water partition coefficient (Wildman–Crippen LogP) is 3.99. The van der Waals surface area contributed by atoms with Gasteiger partial charge >= 0.3 is 0 Å². The Morgan fingerprint density at radius 1 is 1.08 bits per heavy atom. The molecule has 1 aliphatic rings. The van der Waals surface area contributed by atoms with Crippen molar-refractivity contribution in [1.29, 1.82) is 0 Å². The number of anilines is 1. The van der Waals surface area contributed by atoms with Gasteiger partial charge in [0.2, 0.25) is 0 Å². The molecule has 0 fully saturated rings. The summed E-state index contributed by atoms with van der Waals surface area (Å²) in [6.07, 6.45) is 3.43. The number of benzene rings is 2. The van der Waals surface area contributed by atoms with Crippen LogP contribution < -0.4 is 9.64 Å². The van der Waals surface area contributed by atoms with Crippen molar-refractivity contribution in [2.24, 2.45) is 4.99 Å². The van der Waals surface area contributed by atoms with E-state index in [0.717, 1.165) is 11.1 Å². The number of aliphatic imine (C=N–C) groups is 1. The van der Waals surface area contributed by atoms with Gasteiger partial charge in [0, 0.05) is 22.7 Å². The molecule has 5 nitrogen and oxygen atoms in total. The number of amides is 1. The SMILES string of the molecule is COc1ccccc1/C=C1\N=C(c2ccccc2)N(c2nccs2)C1=O. The Morgan fingerprint density at radius 3 is 2.58 bits per heavy atom. The highest BCUT2D eigenvalue weighted by molar-refractivity contribution is 7.14. The van der Waals surface area contributed by atoms with Crippen LogP contribution in [0.4, 0.5) is 5.13 Å². The molecule has 0 N–H and O–H groups in total. The van der Waals surface area contributed by atoms with Crippen LogP contribution in [0.2, 0.25) is 0 Å². The summed E-state index contributed by atoms with van der Waals surface area (Å²) in [6, 6.07) is 17.2. The Hall–Kier alpha value is -3.25. The van der Waals surface area contributed by atoms with E-state index in [9.17, 15) is 4.79 Å². The van der Waals surface area contributed by atoms with Gasteiger partial charge in [-0.05, 0) is 12.1 Å². The molecule has 0 spiro atoms. The van der Waals surface area contributed by atoms with Crippen molar-refractivity contribution in [2.75, 3.05) is 12.0 Å². The Balaban J connectivity index is 1.83. The monoisotopic (exact) mass is 361 g/mol. The van der Waals surface area contributed by atoms with Crippen molar-refractivity contribution < 1.29 is 9.53 Å². The third kappa shape index (κ3) is 2.91. The molecule has 0 bridgehead atoms. The van der Waals surface area contributed by atoms with E-state index < -0.39 is 0 Å². The van der Waals surface area contributed by atoms with E-state index in [2.05, 4.69) is 9.98 Å². The van der Waals surface area contributed by atoms with Gasteiger partial charge in [-0.1, -0.05) is 48.5 Å². The third-order valence-corrected chi connectivity index (χ3v) is 4.69. The molecule has 0 unspecified atom stereocenters. The summed E-state index contributed by atoms with van der Waals surface area (Å²) >= 11 is 1.40. The number of methoxy groups -OCH3 is 1. The Morgan fingerprint density at radius 2 is 1.85 bits per heavy atom. The zero-order valence-corrected chi connectivity index (χ0v) is 14.8. The largest absolute Gasteiger partial charge is 0.496 e. The first-order valence-corrected chi connectivity index (χ1v) is 8.88. The molecule has 0 aliphatic carbocycles. The summed E-state index contributed by atoms with van der Waals surface area (Å²) in [5, 5.41) is 2.44. The number of para-hydroxylation sites is 1. The van der Waals surface area contributed by atoms with Crippen LogP contribution in [0, 0.1) is 0 Å². The van der Waals surface area contributed by atoms with Crippen LogP contribution in [-0.2, 0) is 4.79 Å². The lowest BCUT2D eigenvalue weighted by molar-refractivity contribution is -0.113. The highest BCUT2D eigenvalue weighted by Crippen LogP contribution is 2.30. The maximum atomic E-state index is 13.1. The number of ether oxygens (including phenoxy) is 1. The second-order valence-corrected chi connectivity index (χ2v) is 6.40. The average Bonchev–Trinajstić information content (AvgIpc) is 3.31. The minimum Gasteiger partial charge on any atom is -0.496 e. The summed E-state index contributed by atoms with van der Waals surface area (Å²) in [5.74, 6) is 1.06. The first-order chi connectivity index (χ1) is 12.8. The molecule has 4 rings (SSSR count).